The number of benzene rings is 2. The van der Waals surface area contributed by atoms with Crippen LogP contribution in [0.1, 0.15) is 6.42 Å². The van der Waals surface area contributed by atoms with E-state index in [0.717, 1.165) is 28.6 Å². The summed E-state index contributed by atoms with van der Waals surface area (Å²) in [4.78, 5) is 36.4. The number of allylic oxidation sites excluding steroid dienone is 2. The molecule has 6 rings (SSSR count). The first-order chi connectivity index (χ1) is 14.6. The quantitative estimate of drug-likeness (QED) is 0.499. The van der Waals surface area contributed by atoms with Crippen LogP contribution in [-0.4, -0.2) is 28.9 Å². The molecule has 148 valence electrons. The van der Waals surface area contributed by atoms with Crippen LogP contribution in [0, 0.1) is 23.7 Å². The highest BCUT2D eigenvalue weighted by Gasteiger charge is 2.59. The van der Waals surface area contributed by atoms with Gasteiger partial charge < -0.3 is 4.74 Å². The van der Waals surface area contributed by atoms with Gasteiger partial charge in [0.05, 0.1) is 30.1 Å². The largest absolute Gasteiger partial charge is 0.497 e. The standard InChI is InChI=1S/C24H19N3O3/c1-30-18-8-9-19-16(11-18)12-25-22(26-19)13-4-6-17(7-5-13)27-23(28)20-14-2-3-15(10-14)21(20)24(27)29/h2-9,11-12,14-15,20-21H,10H2,1H3/t14-,15?,20-,21+/m1/s1. The van der Waals surface area contributed by atoms with Crippen LogP contribution in [0.3, 0.4) is 0 Å². The lowest BCUT2D eigenvalue weighted by Gasteiger charge is -2.17. The van der Waals surface area contributed by atoms with Crippen molar-refractivity contribution in [3.8, 4) is 17.1 Å². The Morgan fingerprint density at radius 3 is 2.33 bits per heavy atom. The van der Waals surface area contributed by atoms with Gasteiger partial charge in [0.1, 0.15) is 5.75 Å². The molecule has 3 aromatic rings. The van der Waals surface area contributed by atoms with Crippen molar-refractivity contribution >= 4 is 28.4 Å². The van der Waals surface area contributed by atoms with Gasteiger partial charge in [-0.1, -0.05) is 12.2 Å². The summed E-state index contributed by atoms with van der Waals surface area (Å²) < 4.78 is 5.24. The SMILES string of the molecule is COc1ccc2nc(-c3ccc(N4C(=O)[C@@H]5[C@@H]6C=CC(C6)[C@@H]5C4=O)cc3)ncc2c1. The zero-order valence-corrected chi connectivity index (χ0v) is 16.4. The van der Waals surface area contributed by atoms with Gasteiger partial charge in [-0.3, -0.25) is 14.5 Å². The van der Waals surface area contributed by atoms with Crippen molar-refractivity contribution in [2.75, 3.05) is 12.0 Å². The van der Waals surface area contributed by atoms with Gasteiger partial charge in [-0.15, -0.1) is 0 Å². The number of carbonyl (C=O) groups is 2. The second-order valence-electron chi connectivity index (χ2n) is 8.18. The minimum atomic E-state index is -0.187. The monoisotopic (exact) mass is 397 g/mol. The predicted molar refractivity (Wildman–Crippen MR) is 112 cm³/mol. The first kappa shape index (κ1) is 17.3. The summed E-state index contributed by atoms with van der Waals surface area (Å²) in [5.74, 6) is 1.28. The van der Waals surface area contributed by atoms with Crippen LogP contribution in [0.4, 0.5) is 5.69 Å². The molecule has 1 saturated carbocycles. The van der Waals surface area contributed by atoms with Crippen LogP contribution in [0.15, 0.2) is 60.8 Å². The molecule has 0 N–H and O–H groups in total. The van der Waals surface area contributed by atoms with Crippen molar-refractivity contribution in [1.82, 2.24) is 9.97 Å². The summed E-state index contributed by atoms with van der Waals surface area (Å²) in [7, 11) is 1.63. The third-order valence-electron chi connectivity index (χ3n) is 6.64. The van der Waals surface area contributed by atoms with Gasteiger partial charge in [-0.25, -0.2) is 9.97 Å². The Balaban J connectivity index is 1.30. The van der Waals surface area contributed by atoms with E-state index >= 15 is 0 Å². The Morgan fingerprint density at radius 2 is 1.67 bits per heavy atom. The second kappa shape index (κ2) is 6.23. The lowest BCUT2D eigenvalue weighted by atomic mass is 9.85. The van der Waals surface area contributed by atoms with Crippen molar-refractivity contribution in [3.63, 3.8) is 0 Å². The molecule has 6 nitrogen and oxygen atoms in total. The summed E-state index contributed by atoms with van der Waals surface area (Å²) in [6.45, 7) is 0. The zero-order valence-electron chi connectivity index (χ0n) is 16.4. The molecule has 6 heteroatoms. The molecule has 2 amide bonds. The molecule has 0 spiro atoms. The summed E-state index contributed by atoms with van der Waals surface area (Å²) >= 11 is 0. The smallest absolute Gasteiger partial charge is 0.238 e. The van der Waals surface area contributed by atoms with E-state index in [9.17, 15) is 9.59 Å². The van der Waals surface area contributed by atoms with Gasteiger partial charge in [0.25, 0.3) is 0 Å². The maximum atomic E-state index is 13.0. The lowest BCUT2D eigenvalue weighted by Crippen LogP contribution is -2.32. The number of hydrogen-bond donors (Lipinski definition) is 0. The Labute approximate surface area is 173 Å². The maximum Gasteiger partial charge on any atom is 0.238 e. The van der Waals surface area contributed by atoms with Crippen molar-refractivity contribution in [3.05, 3.63) is 60.8 Å². The van der Waals surface area contributed by atoms with Crippen molar-refractivity contribution < 1.29 is 14.3 Å². The number of amides is 2. The number of imide groups is 1. The molecule has 2 aliphatic carbocycles. The van der Waals surface area contributed by atoms with Crippen LogP contribution in [-0.2, 0) is 9.59 Å². The van der Waals surface area contributed by atoms with E-state index in [4.69, 9.17) is 4.74 Å². The fourth-order valence-corrected chi connectivity index (χ4v) is 5.19. The molecule has 1 aromatic heterocycles. The normalized spacial score (nSPS) is 26.6. The number of aromatic nitrogens is 2. The molecule has 1 saturated heterocycles. The number of nitrogens with zero attached hydrogens (tertiary/aromatic N) is 3. The maximum absolute atomic E-state index is 13.0. The number of methoxy groups -OCH3 is 1. The van der Waals surface area contributed by atoms with E-state index in [1.165, 1.54) is 4.90 Å². The van der Waals surface area contributed by atoms with Gasteiger partial charge in [0.2, 0.25) is 11.8 Å². The first-order valence-corrected chi connectivity index (χ1v) is 10.1. The highest BCUT2D eigenvalue weighted by atomic mass is 16.5. The molecule has 1 unspecified atom stereocenters. The molecule has 2 bridgehead atoms. The molecule has 2 aromatic carbocycles. The van der Waals surface area contributed by atoms with E-state index in [1.54, 1.807) is 13.3 Å². The molecule has 3 aliphatic rings. The third kappa shape index (κ3) is 2.36. The zero-order chi connectivity index (χ0) is 20.4. The van der Waals surface area contributed by atoms with Crippen LogP contribution in [0.5, 0.6) is 5.75 Å². The van der Waals surface area contributed by atoms with E-state index < -0.39 is 0 Å². The Morgan fingerprint density at radius 1 is 0.967 bits per heavy atom. The lowest BCUT2D eigenvalue weighted by molar-refractivity contribution is -0.123. The molecule has 1 aliphatic heterocycles. The van der Waals surface area contributed by atoms with Crippen molar-refractivity contribution in [2.45, 2.75) is 6.42 Å². The summed E-state index contributed by atoms with van der Waals surface area (Å²) in [5.41, 5.74) is 2.27. The number of ether oxygens (including phenoxy) is 1. The summed E-state index contributed by atoms with van der Waals surface area (Å²) in [6, 6.07) is 13.0. The summed E-state index contributed by atoms with van der Waals surface area (Å²) in [6.07, 6.45) is 6.92. The third-order valence-corrected chi connectivity index (χ3v) is 6.64. The van der Waals surface area contributed by atoms with E-state index in [1.807, 2.05) is 42.5 Å². The van der Waals surface area contributed by atoms with Gasteiger partial charge in [-0.05, 0) is 60.7 Å². The average Bonchev–Trinajstić information content (AvgIpc) is 3.47. The predicted octanol–water partition coefficient (Wildman–Crippen LogP) is 3.62. The number of hydrogen-bond acceptors (Lipinski definition) is 5. The Bertz CT molecular complexity index is 1200. The van der Waals surface area contributed by atoms with Crippen LogP contribution >= 0.6 is 0 Å². The van der Waals surface area contributed by atoms with Crippen LogP contribution in [0.25, 0.3) is 22.3 Å². The number of rotatable bonds is 3. The highest BCUT2D eigenvalue weighted by Crippen LogP contribution is 2.53. The second-order valence-corrected chi connectivity index (χ2v) is 8.18. The minimum Gasteiger partial charge on any atom is -0.497 e. The fourth-order valence-electron chi connectivity index (χ4n) is 5.19. The van der Waals surface area contributed by atoms with Gasteiger partial charge in [0, 0.05) is 17.1 Å². The van der Waals surface area contributed by atoms with Crippen molar-refractivity contribution in [2.24, 2.45) is 23.7 Å². The Hall–Kier alpha value is -3.54. The van der Waals surface area contributed by atoms with E-state index in [0.29, 0.717) is 11.5 Å². The summed E-state index contributed by atoms with van der Waals surface area (Å²) in [5, 5.41) is 0.901. The molecule has 4 atom stereocenters. The van der Waals surface area contributed by atoms with Gasteiger partial charge >= 0.3 is 0 Å². The van der Waals surface area contributed by atoms with Crippen LogP contribution < -0.4 is 9.64 Å². The molecule has 2 fully saturated rings. The molecule has 0 radical (unpaired) electrons. The molecular formula is C24H19N3O3. The Kier molecular flexibility index (Phi) is 3.60. The van der Waals surface area contributed by atoms with Crippen molar-refractivity contribution in [1.29, 1.82) is 0 Å². The molecular weight excluding hydrogens is 378 g/mol. The molecule has 30 heavy (non-hydrogen) atoms. The first-order valence-electron chi connectivity index (χ1n) is 10.1. The highest BCUT2D eigenvalue weighted by molar-refractivity contribution is 6.22. The van der Waals surface area contributed by atoms with E-state index in [-0.39, 0.29) is 35.5 Å². The molecule has 2 heterocycles. The minimum absolute atomic E-state index is 0.0643. The van der Waals surface area contributed by atoms with E-state index in [2.05, 4.69) is 22.1 Å². The number of anilines is 1. The number of carbonyl (C=O) groups excluding carboxylic acids is 2. The average molecular weight is 397 g/mol. The fraction of sp³-hybridized carbons (Fsp3) is 0.250. The number of fused-ring (bicyclic) bond motifs is 6. The van der Waals surface area contributed by atoms with Gasteiger partial charge in [0.15, 0.2) is 5.82 Å². The van der Waals surface area contributed by atoms with Gasteiger partial charge in [-0.2, -0.15) is 0 Å². The topological polar surface area (TPSA) is 72.4 Å². The van der Waals surface area contributed by atoms with Crippen LogP contribution in [0.2, 0.25) is 0 Å².